The van der Waals surface area contributed by atoms with Gasteiger partial charge in [-0.05, 0) is 24.3 Å². The van der Waals surface area contributed by atoms with Gasteiger partial charge in [0.05, 0.1) is 6.54 Å². The number of para-hydroxylation sites is 1. The summed E-state index contributed by atoms with van der Waals surface area (Å²) in [6.45, 7) is -0.355. The monoisotopic (exact) mass is 359 g/mol. The van der Waals surface area contributed by atoms with Crippen LogP contribution in [0.25, 0.3) is 0 Å². The molecule has 0 bridgehead atoms. The molecule has 2 aromatic carbocycles. The SMILES string of the molecule is N=C(N=C(N)N1CCC(F)(F)C1)Nc1cccc(Oc2ccccc2)c1. The molecule has 0 saturated carbocycles. The predicted molar refractivity (Wildman–Crippen MR) is 97.1 cm³/mol. The number of aliphatic imine (C=N–C) groups is 1. The van der Waals surface area contributed by atoms with Crippen molar-refractivity contribution in [2.24, 2.45) is 10.7 Å². The second-order valence-corrected chi connectivity index (χ2v) is 5.91. The molecule has 2 aromatic rings. The molecule has 1 aliphatic rings. The molecule has 4 N–H and O–H groups in total. The van der Waals surface area contributed by atoms with Crippen molar-refractivity contribution < 1.29 is 13.5 Å². The van der Waals surface area contributed by atoms with Crippen LogP contribution in [0.4, 0.5) is 14.5 Å². The zero-order valence-corrected chi connectivity index (χ0v) is 14.0. The van der Waals surface area contributed by atoms with E-state index in [-0.39, 0.29) is 24.9 Å². The van der Waals surface area contributed by atoms with Crippen LogP contribution < -0.4 is 15.8 Å². The Morgan fingerprint density at radius 1 is 1.15 bits per heavy atom. The zero-order chi connectivity index (χ0) is 18.6. The van der Waals surface area contributed by atoms with E-state index in [1.54, 1.807) is 24.3 Å². The Balaban J connectivity index is 1.62. The molecule has 136 valence electrons. The lowest BCUT2D eigenvalue weighted by Crippen LogP contribution is -2.38. The van der Waals surface area contributed by atoms with Gasteiger partial charge in [-0.15, -0.1) is 0 Å². The number of rotatable bonds is 3. The van der Waals surface area contributed by atoms with Crippen molar-refractivity contribution in [1.82, 2.24) is 4.90 Å². The lowest BCUT2D eigenvalue weighted by Gasteiger charge is -2.17. The van der Waals surface area contributed by atoms with Gasteiger partial charge in [-0.25, -0.2) is 8.78 Å². The second kappa shape index (κ2) is 7.38. The summed E-state index contributed by atoms with van der Waals surface area (Å²) in [6, 6.07) is 16.3. The molecule has 6 nitrogen and oxygen atoms in total. The van der Waals surface area contributed by atoms with E-state index < -0.39 is 12.5 Å². The van der Waals surface area contributed by atoms with E-state index in [1.807, 2.05) is 30.3 Å². The number of benzene rings is 2. The molecule has 26 heavy (non-hydrogen) atoms. The van der Waals surface area contributed by atoms with Crippen molar-refractivity contribution in [1.29, 1.82) is 5.41 Å². The number of halogens is 2. The predicted octanol–water partition coefficient (Wildman–Crippen LogP) is 3.48. The molecule has 0 unspecified atom stereocenters. The lowest BCUT2D eigenvalue weighted by molar-refractivity contribution is 0.0175. The molecule has 0 radical (unpaired) electrons. The maximum Gasteiger partial charge on any atom is 0.267 e. The summed E-state index contributed by atoms with van der Waals surface area (Å²) in [5.74, 6) is -1.83. The number of hydrogen-bond acceptors (Lipinski definition) is 2. The number of likely N-dealkylation sites (tertiary alicyclic amines) is 1. The van der Waals surface area contributed by atoms with Crippen LogP contribution in [-0.2, 0) is 0 Å². The van der Waals surface area contributed by atoms with E-state index in [0.717, 1.165) is 0 Å². The van der Waals surface area contributed by atoms with Crippen molar-refractivity contribution in [3.63, 3.8) is 0 Å². The van der Waals surface area contributed by atoms with Gasteiger partial charge < -0.3 is 20.7 Å². The quantitative estimate of drug-likeness (QED) is 0.578. The molecular formula is C18H19F2N5O. The number of nitrogens with zero attached hydrogens (tertiary/aromatic N) is 2. The lowest BCUT2D eigenvalue weighted by atomic mass is 10.3. The number of anilines is 1. The molecule has 0 aromatic heterocycles. The summed E-state index contributed by atoms with van der Waals surface area (Å²) in [7, 11) is 0. The van der Waals surface area contributed by atoms with Crippen LogP contribution in [0.15, 0.2) is 59.6 Å². The van der Waals surface area contributed by atoms with Crippen molar-refractivity contribution in [2.75, 3.05) is 18.4 Å². The fourth-order valence-corrected chi connectivity index (χ4v) is 2.54. The fraction of sp³-hybridized carbons (Fsp3) is 0.222. The topological polar surface area (TPSA) is 86.7 Å². The van der Waals surface area contributed by atoms with Gasteiger partial charge >= 0.3 is 0 Å². The van der Waals surface area contributed by atoms with E-state index in [2.05, 4.69) is 10.3 Å². The minimum Gasteiger partial charge on any atom is -0.457 e. The van der Waals surface area contributed by atoms with Crippen molar-refractivity contribution in [3.8, 4) is 11.5 Å². The van der Waals surface area contributed by atoms with Crippen LogP contribution in [0.2, 0.25) is 0 Å². The Morgan fingerprint density at radius 3 is 2.58 bits per heavy atom. The first-order chi connectivity index (χ1) is 12.4. The van der Waals surface area contributed by atoms with E-state index >= 15 is 0 Å². The van der Waals surface area contributed by atoms with Crippen LogP contribution in [0.5, 0.6) is 11.5 Å². The third-order valence-corrected chi connectivity index (χ3v) is 3.80. The Labute approximate surface area is 149 Å². The molecule has 0 spiro atoms. The van der Waals surface area contributed by atoms with E-state index in [1.165, 1.54) is 4.90 Å². The number of guanidine groups is 2. The van der Waals surface area contributed by atoms with Crippen molar-refractivity contribution in [3.05, 3.63) is 54.6 Å². The minimum atomic E-state index is -2.77. The Bertz CT molecular complexity index is 810. The maximum absolute atomic E-state index is 13.2. The minimum absolute atomic E-state index is 0.101. The first-order valence-corrected chi connectivity index (χ1v) is 8.07. The molecule has 1 heterocycles. The highest BCUT2D eigenvalue weighted by molar-refractivity contribution is 6.00. The molecular weight excluding hydrogens is 340 g/mol. The van der Waals surface area contributed by atoms with Crippen LogP contribution in [-0.4, -0.2) is 35.8 Å². The van der Waals surface area contributed by atoms with Crippen LogP contribution >= 0.6 is 0 Å². The standard InChI is InChI=1S/C18H19F2N5O/c19-18(20)9-10-25(12-18)17(22)24-16(21)23-13-5-4-8-15(11-13)26-14-6-2-1-3-7-14/h1-8,11H,9-10,12H2,(H4,21,22,23,24). The first kappa shape index (κ1) is 17.7. The van der Waals surface area contributed by atoms with Gasteiger partial charge in [-0.2, -0.15) is 4.99 Å². The first-order valence-electron chi connectivity index (χ1n) is 8.07. The van der Waals surface area contributed by atoms with Crippen LogP contribution in [0.3, 0.4) is 0 Å². The molecule has 1 saturated heterocycles. The van der Waals surface area contributed by atoms with E-state index in [9.17, 15) is 8.78 Å². The van der Waals surface area contributed by atoms with Crippen molar-refractivity contribution in [2.45, 2.75) is 12.3 Å². The highest BCUT2D eigenvalue weighted by Crippen LogP contribution is 2.26. The third-order valence-electron chi connectivity index (χ3n) is 3.80. The average molecular weight is 359 g/mol. The normalized spacial score (nSPS) is 16.4. The molecule has 1 fully saturated rings. The summed E-state index contributed by atoms with van der Waals surface area (Å²) < 4.78 is 32.2. The summed E-state index contributed by atoms with van der Waals surface area (Å²) >= 11 is 0. The van der Waals surface area contributed by atoms with Gasteiger partial charge in [-0.3, -0.25) is 5.41 Å². The summed E-state index contributed by atoms with van der Waals surface area (Å²) in [4.78, 5) is 5.12. The third kappa shape index (κ3) is 4.69. The molecule has 0 atom stereocenters. The van der Waals surface area contributed by atoms with Crippen LogP contribution in [0, 0.1) is 5.41 Å². The van der Waals surface area contributed by atoms with Gasteiger partial charge in [0.15, 0.2) is 5.96 Å². The summed E-state index contributed by atoms with van der Waals surface area (Å²) in [6.07, 6.45) is -0.261. The molecule has 0 amide bonds. The second-order valence-electron chi connectivity index (χ2n) is 5.91. The number of ether oxygens (including phenoxy) is 1. The number of hydrogen-bond donors (Lipinski definition) is 3. The van der Waals surface area contributed by atoms with Gasteiger partial charge in [0.25, 0.3) is 5.92 Å². The van der Waals surface area contributed by atoms with Gasteiger partial charge in [0.2, 0.25) is 5.96 Å². The largest absolute Gasteiger partial charge is 0.457 e. The Hall–Kier alpha value is -3.16. The molecule has 0 aliphatic carbocycles. The molecule has 8 heteroatoms. The summed E-state index contributed by atoms with van der Waals surface area (Å²) in [5, 5.41) is 10.6. The van der Waals surface area contributed by atoms with Crippen molar-refractivity contribution >= 4 is 17.6 Å². The van der Waals surface area contributed by atoms with Gasteiger partial charge in [0.1, 0.15) is 11.5 Å². The number of nitrogens with one attached hydrogen (secondary N) is 2. The van der Waals surface area contributed by atoms with Gasteiger partial charge in [-0.1, -0.05) is 24.3 Å². The number of alkyl halides is 2. The van der Waals surface area contributed by atoms with Gasteiger partial charge in [0, 0.05) is 24.7 Å². The molecule has 1 aliphatic heterocycles. The molecule has 3 rings (SSSR count). The zero-order valence-electron chi connectivity index (χ0n) is 14.0. The smallest absolute Gasteiger partial charge is 0.267 e. The summed E-state index contributed by atoms with van der Waals surface area (Å²) in [5.41, 5.74) is 6.30. The highest BCUT2D eigenvalue weighted by atomic mass is 19.3. The Morgan fingerprint density at radius 2 is 1.88 bits per heavy atom. The average Bonchev–Trinajstić information content (AvgIpc) is 2.96. The van der Waals surface area contributed by atoms with E-state index in [4.69, 9.17) is 15.9 Å². The van der Waals surface area contributed by atoms with Crippen LogP contribution in [0.1, 0.15) is 6.42 Å². The maximum atomic E-state index is 13.2. The van der Waals surface area contributed by atoms with E-state index in [0.29, 0.717) is 17.2 Å². The Kier molecular flexibility index (Phi) is 5.01. The number of nitrogens with two attached hydrogens (primary N) is 1. The fourth-order valence-electron chi connectivity index (χ4n) is 2.54. The highest BCUT2D eigenvalue weighted by Gasteiger charge is 2.39.